The molecule has 32 heavy (non-hydrogen) atoms. The van der Waals surface area contributed by atoms with Gasteiger partial charge in [-0.2, -0.15) is 0 Å². The molecule has 8 nitrogen and oxygen atoms in total. The first kappa shape index (κ1) is 19.8. The monoisotopic (exact) mass is 434 g/mol. The molecule has 1 aliphatic rings. The van der Waals surface area contributed by atoms with Crippen molar-refractivity contribution in [1.82, 2.24) is 0 Å². The van der Waals surface area contributed by atoms with E-state index in [1.54, 1.807) is 30.3 Å². The topological polar surface area (TPSA) is 130 Å². The van der Waals surface area contributed by atoms with Gasteiger partial charge in [0.05, 0.1) is 6.61 Å². The Bertz CT molecular complexity index is 1370. The number of benzene rings is 3. The van der Waals surface area contributed by atoms with Crippen molar-refractivity contribution < 1.29 is 34.3 Å². The summed E-state index contributed by atoms with van der Waals surface area (Å²) in [6, 6.07) is 15.0. The van der Waals surface area contributed by atoms with Crippen LogP contribution in [0.5, 0.6) is 28.7 Å². The number of ether oxygens (including phenoxy) is 2. The fourth-order valence-corrected chi connectivity index (χ4v) is 3.76. The molecule has 2 atom stereocenters. The van der Waals surface area contributed by atoms with Gasteiger partial charge in [-0.25, -0.2) is 0 Å². The van der Waals surface area contributed by atoms with Crippen LogP contribution in [0.4, 0.5) is 0 Å². The fraction of sp³-hybridized carbons (Fsp3) is 0.125. The summed E-state index contributed by atoms with van der Waals surface area (Å²) in [6.45, 7) is -0.307. The molecule has 0 saturated carbocycles. The SMILES string of the molecule is O=c1cc(-c2ccc3c(c2)OC(CO)C(c2ccc(O)cc2)O3)oc2cc(O)cc(O)c12. The van der Waals surface area contributed by atoms with E-state index in [1.807, 2.05) is 0 Å². The Morgan fingerprint density at radius 3 is 2.34 bits per heavy atom. The molecule has 8 heteroatoms. The van der Waals surface area contributed by atoms with Crippen LogP contribution in [0.2, 0.25) is 0 Å². The summed E-state index contributed by atoms with van der Waals surface area (Å²) in [4.78, 5) is 12.5. The van der Waals surface area contributed by atoms with Crippen LogP contribution in [-0.2, 0) is 0 Å². The summed E-state index contributed by atoms with van der Waals surface area (Å²) in [5.41, 5.74) is 0.820. The Balaban J connectivity index is 1.54. The molecule has 2 heterocycles. The molecule has 4 N–H and O–H groups in total. The van der Waals surface area contributed by atoms with Gasteiger partial charge < -0.3 is 34.3 Å². The lowest BCUT2D eigenvalue weighted by atomic mass is 10.0. The Morgan fingerprint density at radius 1 is 0.812 bits per heavy atom. The summed E-state index contributed by atoms with van der Waals surface area (Å²) >= 11 is 0. The van der Waals surface area contributed by atoms with Crippen molar-refractivity contribution in [2.24, 2.45) is 0 Å². The van der Waals surface area contributed by atoms with Crippen molar-refractivity contribution in [3.63, 3.8) is 0 Å². The molecular formula is C24H18O8. The van der Waals surface area contributed by atoms with E-state index in [2.05, 4.69) is 0 Å². The van der Waals surface area contributed by atoms with Crippen LogP contribution in [0, 0.1) is 0 Å². The van der Waals surface area contributed by atoms with Crippen LogP contribution in [0.1, 0.15) is 11.7 Å². The average Bonchev–Trinajstić information content (AvgIpc) is 2.77. The fourth-order valence-electron chi connectivity index (χ4n) is 3.76. The summed E-state index contributed by atoms with van der Waals surface area (Å²) in [6.07, 6.45) is -1.27. The molecule has 0 radical (unpaired) electrons. The van der Waals surface area contributed by atoms with Gasteiger partial charge in [-0.15, -0.1) is 0 Å². The number of hydrogen-bond donors (Lipinski definition) is 4. The zero-order valence-corrected chi connectivity index (χ0v) is 16.6. The summed E-state index contributed by atoms with van der Waals surface area (Å²) in [5, 5.41) is 39.0. The third-order valence-corrected chi connectivity index (χ3v) is 5.29. The molecule has 162 valence electrons. The molecule has 0 amide bonds. The van der Waals surface area contributed by atoms with Gasteiger partial charge in [0.1, 0.15) is 34.0 Å². The minimum absolute atomic E-state index is 0.0267. The molecule has 2 unspecified atom stereocenters. The van der Waals surface area contributed by atoms with Gasteiger partial charge >= 0.3 is 0 Å². The molecule has 0 bridgehead atoms. The largest absolute Gasteiger partial charge is 0.508 e. The van der Waals surface area contributed by atoms with Crippen molar-refractivity contribution in [2.75, 3.05) is 6.61 Å². The number of phenolic OH excluding ortho intramolecular Hbond substituents is 3. The highest BCUT2D eigenvalue weighted by Gasteiger charge is 2.33. The van der Waals surface area contributed by atoms with E-state index in [0.717, 1.165) is 11.6 Å². The van der Waals surface area contributed by atoms with Crippen LogP contribution >= 0.6 is 0 Å². The highest BCUT2D eigenvalue weighted by Crippen LogP contribution is 2.42. The molecule has 3 aromatic carbocycles. The Morgan fingerprint density at radius 2 is 1.59 bits per heavy atom. The van der Waals surface area contributed by atoms with Crippen molar-refractivity contribution in [3.05, 3.63) is 76.5 Å². The van der Waals surface area contributed by atoms with Gasteiger partial charge in [-0.1, -0.05) is 12.1 Å². The zero-order chi connectivity index (χ0) is 22.4. The molecule has 1 aliphatic heterocycles. The summed E-state index contributed by atoms with van der Waals surface area (Å²) in [7, 11) is 0. The highest BCUT2D eigenvalue weighted by molar-refractivity contribution is 5.86. The Kier molecular flexibility index (Phi) is 4.64. The van der Waals surface area contributed by atoms with Crippen LogP contribution in [-0.4, -0.2) is 33.1 Å². The average molecular weight is 434 g/mol. The number of aliphatic hydroxyl groups excluding tert-OH is 1. The lowest BCUT2D eigenvalue weighted by Gasteiger charge is -2.33. The first-order valence-electron chi connectivity index (χ1n) is 9.80. The first-order chi connectivity index (χ1) is 15.4. The number of aliphatic hydroxyl groups is 1. The minimum Gasteiger partial charge on any atom is -0.508 e. The summed E-state index contributed by atoms with van der Waals surface area (Å²) < 4.78 is 17.8. The number of aromatic hydroxyl groups is 3. The highest BCUT2D eigenvalue weighted by atomic mass is 16.6. The lowest BCUT2D eigenvalue weighted by Crippen LogP contribution is -2.36. The third-order valence-electron chi connectivity index (χ3n) is 5.29. The van der Waals surface area contributed by atoms with Gasteiger partial charge in [0.15, 0.2) is 29.1 Å². The zero-order valence-electron chi connectivity index (χ0n) is 16.6. The maximum atomic E-state index is 12.5. The molecule has 0 saturated heterocycles. The molecule has 0 fully saturated rings. The van der Waals surface area contributed by atoms with E-state index in [4.69, 9.17) is 13.9 Å². The standard InChI is InChI=1S/C24H18O8/c25-11-22-24(12-1-4-14(26)5-2-12)32-18-6-3-13(7-20(18)31-22)19-10-17(29)23-16(28)8-15(27)9-21(23)30-19/h1-10,22,24-28H,11H2. The second kappa shape index (κ2) is 7.51. The van der Waals surface area contributed by atoms with Crippen LogP contribution in [0.25, 0.3) is 22.3 Å². The maximum absolute atomic E-state index is 12.5. The molecule has 4 aromatic rings. The normalized spacial score (nSPS) is 17.4. The van der Waals surface area contributed by atoms with Gasteiger partial charge in [-0.05, 0) is 35.9 Å². The van der Waals surface area contributed by atoms with E-state index in [0.29, 0.717) is 17.1 Å². The predicted molar refractivity (Wildman–Crippen MR) is 114 cm³/mol. The predicted octanol–water partition coefficient (Wildman–Crippen LogP) is 3.45. The third kappa shape index (κ3) is 3.36. The van der Waals surface area contributed by atoms with Crippen LogP contribution in [0.15, 0.2) is 69.9 Å². The Hall–Kier alpha value is -4.17. The lowest BCUT2D eigenvalue weighted by molar-refractivity contribution is -0.0122. The second-order valence-corrected chi connectivity index (χ2v) is 7.44. The number of fused-ring (bicyclic) bond motifs is 2. The number of hydrogen-bond acceptors (Lipinski definition) is 8. The minimum atomic E-state index is -0.695. The molecular weight excluding hydrogens is 416 g/mol. The molecule has 5 rings (SSSR count). The second-order valence-electron chi connectivity index (χ2n) is 7.44. The van der Waals surface area contributed by atoms with Crippen LogP contribution < -0.4 is 14.9 Å². The molecule has 0 spiro atoms. The van der Waals surface area contributed by atoms with Gasteiger partial charge in [0.2, 0.25) is 0 Å². The van der Waals surface area contributed by atoms with E-state index in [9.17, 15) is 25.2 Å². The Labute approximate surface area is 181 Å². The molecule has 1 aromatic heterocycles. The van der Waals surface area contributed by atoms with Crippen molar-refractivity contribution >= 4 is 11.0 Å². The van der Waals surface area contributed by atoms with Crippen molar-refractivity contribution in [2.45, 2.75) is 12.2 Å². The van der Waals surface area contributed by atoms with E-state index in [1.165, 1.54) is 24.3 Å². The number of phenols is 3. The molecule has 0 aliphatic carbocycles. The van der Waals surface area contributed by atoms with Gasteiger partial charge in [-0.3, -0.25) is 4.79 Å². The van der Waals surface area contributed by atoms with Crippen LogP contribution in [0.3, 0.4) is 0 Å². The quantitative estimate of drug-likeness (QED) is 0.386. The van der Waals surface area contributed by atoms with E-state index < -0.39 is 17.6 Å². The first-order valence-corrected chi connectivity index (χ1v) is 9.80. The smallest absolute Gasteiger partial charge is 0.197 e. The van der Waals surface area contributed by atoms with Crippen molar-refractivity contribution in [1.29, 1.82) is 0 Å². The van der Waals surface area contributed by atoms with E-state index >= 15 is 0 Å². The number of rotatable bonds is 3. The summed E-state index contributed by atoms with van der Waals surface area (Å²) in [5.74, 6) is 0.528. The van der Waals surface area contributed by atoms with Crippen molar-refractivity contribution in [3.8, 4) is 40.1 Å². The van der Waals surface area contributed by atoms with E-state index in [-0.39, 0.29) is 40.6 Å². The van der Waals surface area contributed by atoms with Gasteiger partial charge in [0, 0.05) is 23.8 Å². The van der Waals surface area contributed by atoms with Gasteiger partial charge in [0.25, 0.3) is 0 Å². The maximum Gasteiger partial charge on any atom is 0.197 e.